The molecule has 96 valence electrons. The minimum atomic E-state index is 0.146. The number of carbonyl (C=O) groups excluding carboxylic acids is 1. The van der Waals surface area contributed by atoms with Crippen LogP contribution < -0.4 is 0 Å². The average Bonchev–Trinajstić information content (AvgIpc) is 2.19. The summed E-state index contributed by atoms with van der Waals surface area (Å²) in [5.74, 6) is 0.754. The molecule has 0 aromatic heterocycles. The molecule has 3 nitrogen and oxygen atoms in total. The lowest BCUT2D eigenvalue weighted by Crippen LogP contribution is -2.30. The highest BCUT2D eigenvalue weighted by Crippen LogP contribution is 2.23. The summed E-state index contributed by atoms with van der Waals surface area (Å²) in [6.45, 7) is 7.39. The van der Waals surface area contributed by atoms with Gasteiger partial charge < -0.3 is 10.0 Å². The number of hydrogen-bond donors (Lipinski definition) is 1. The van der Waals surface area contributed by atoms with Gasteiger partial charge in [-0.3, -0.25) is 4.79 Å². The second-order valence-electron chi connectivity index (χ2n) is 5.00. The zero-order valence-corrected chi connectivity index (χ0v) is 11.8. The molecule has 0 radical (unpaired) electrons. The molecule has 0 saturated heterocycles. The van der Waals surface area contributed by atoms with E-state index in [1.54, 1.807) is 16.7 Å². The summed E-state index contributed by atoms with van der Waals surface area (Å²) < 4.78 is 0.146. The van der Waals surface area contributed by atoms with Crippen LogP contribution in [0.1, 0.15) is 40.0 Å². The van der Waals surface area contributed by atoms with Crippen LogP contribution in [0.25, 0.3) is 0 Å². The van der Waals surface area contributed by atoms with Gasteiger partial charge >= 0.3 is 0 Å². The highest BCUT2D eigenvalue weighted by atomic mass is 32.2. The molecular formula is C12H25NO2S. The van der Waals surface area contributed by atoms with Crippen molar-refractivity contribution in [2.75, 3.05) is 26.0 Å². The lowest BCUT2D eigenvalue weighted by atomic mass is 10.2. The van der Waals surface area contributed by atoms with Gasteiger partial charge in [0.05, 0.1) is 5.75 Å². The van der Waals surface area contributed by atoms with E-state index >= 15 is 0 Å². The minimum Gasteiger partial charge on any atom is -0.396 e. The maximum Gasteiger partial charge on any atom is 0.232 e. The molecule has 0 rings (SSSR count). The van der Waals surface area contributed by atoms with Crippen LogP contribution in [0.2, 0.25) is 0 Å². The molecule has 1 N–H and O–H groups in total. The zero-order valence-electron chi connectivity index (χ0n) is 11.0. The largest absolute Gasteiger partial charge is 0.396 e. The fraction of sp³-hybridized carbons (Fsp3) is 0.917. The standard InChI is InChI=1S/C12H25NO2S/c1-12(2,3)16-10-11(15)13(4)8-6-5-7-9-14/h14H,5-10H2,1-4H3. The fourth-order valence-corrected chi connectivity index (χ4v) is 1.93. The minimum absolute atomic E-state index is 0.146. The van der Waals surface area contributed by atoms with E-state index in [2.05, 4.69) is 20.8 Å². The van der Waals surface area contributed by atoms with Gasteiger partial charge in [0, 0.05) is 24.9 Å². The summed E-state index contributed by atoms with van der Waals surface area (Å²) in [7, 11) is 1.85. The fourth-order valence-electron chi connectivity index (χ4n) is 1.15. The number of nitrogens with zero attached hydrogens (tertiary/aromatic N) is 1. The van der Waals surface area contributed by atoms with E-state index < -0.39 is 0 Å². The Hall–Kier alpha value is -0.220. The quantitative estimate of drug-likeness (QED) is 0.701. The summed E-state index contributed by atoms with van der Waals surface area (Å²) in [6.07, 6.45) is 2.79. The molecule has 0 bridgehead atoms. The highest BCUT2D eigenvalue weighted by molar-refractivity contribution is 8.01. The predicted octanol–water partition coefficient (Wildman–Crippen LogP) is 2.14. The summed E-state index contributed by atoms with van der Waals surface area (Å²) in [5, 5.41) is 8.63. The van der Waals surface area contributed by atoms with Crippen molar-refractivity contribution in [3.05, 3.63) is 0 Å². The smallest absolute Gasteiger partial charge is 0.232 e. The first-order valence-corrected chi connectivity index (χ1v) is 6.84. The van der Waals surface area contributed by atoms with Crippen LogP contribution >= 0.6 is 11.8 Å². The van der Waals surface area contributed by atoms with Gasteiger partial charge in [0.1, 0.15) is 0 Å². The molecular weight excluding hydrogens is 222 g/mol. The normalized spacial score (nSPS) is 11.6. The van der Waals surface area contributed by atoms with Crippen molar-refractivity contribution >= 4 is 17.7 Å². The number of amides is 1. The molecule has 0 aromatic carbocycles. The molecule has 0 aromatic rings. The third-order valence-corrected chi connectivity index (χ3v) is 3.46. The average molecular weight is 247 g/mol. The van der Waals surface area contributed by atoms with Gasteiger partial charge in [-0.2, -0.15) is 0 Å². The Balaban J connectivity index is 3.65. The molecule has 4 heteroatoms. The zero-order chi connectivity index (χ0) is 12.6. The van der Waals surface area contributed by atoms with Crippen molar-refractivity contribution in [3.63, 3.8) is 0 Å². The molecule has 0 heterocycles. The first kappa shape index (κ1) is 15.8. The van der Waals surface area contributed by atoms with Crippen molar-refractivity contribution < 1.29 is 9.90 Å². The SMILES string of the molecule is CN(CCCCCO)C(=O)CSC(C)(C)C. The molecule has 16 heavy (non-hydrogen) atoms. The molecule has 1 amide bonds. The monoisotopic (exact) mass is 247 g/mol. The maximum absolute atomic E-state index is 11.7. The van der Waals surface area contributed by atoms with Crippen molar-refractivity contribution in [2.45, 2.75) is 44.8 Å². The third kappa shape index (κ3) is 9.04. The summed E-state index contributed by atoms with van der Waals surface area (Å²) in [5.41, 5.74) is 0. The Kier molecular flexibility index (Phi) is 7.85. The molecule has 0 spiro atoms. The maximum atomic E-state index is 11.7. The number of aliphatic hydroxyl groups is 1. The van der Waals surface area contributed by atoms with Gasteiger partial charge in [-0.05, 0) is 19.3 Å². The Bertz CT molecular complexity index is 202. The van der Waals surface area contributed by atoms with Crippen LogP contribution in [-0.2, 0) is 4.79 Å². The van der Waals surface area contributed by atoms with Gasteiger partial charge in [-0.1, -0.05) is 20.8 Å². The molecule has 0 aliphatic rings. The number of unbranched alkanes of at least 4 members (excludes halogenated alkanes) is 2. The van der Waals surface area contributed by atoms with E-state index in [1.165, 1.54) is 0 Å². The van der Waals surface area contributed by atoms with Crippen molar-refractivity contribution in [2.24, 2.45) is 0 Å². The van der Waals surface area contributed by atoms with E-state index in [1.807, 2.05) is 7.05 Å². The van der Waals surface area contributed by atoms with Crippen LogP contribution in [0.4, 0.5) is 0 Å². The Morgan fingerprint density at radius 3 is 2.38 bits per heavy atom. The number of rotatable bonds is 7. The Labute approximate surface area is 104 Å². The lowest BCUT2D eigenvalue weighted by Gasteiger charge is -2.21. The first-order valence-electron chi connectivity index (χ1n) is 5.85. The van der Waals surface area contributed by atoms with Crippen LogP contribution in [0, 0.1) is 0 Å². The van der Waals surface area contributed by atoms with Gasteiger partial charge in [0.2, 0.25) is 5.91 Å². The first-order chi connectivity index (χ1) is 7.37. The topological polar surface area (TPSA) is 40.5 Å². The Morgan fingerprint density at radius 2 is 1.88 bits per heavy atom. The van der Waals surface area contributed by atoms with Gasteiger partial charge in [0.25, 0.3) is 0 Å². The number of carbonyl (C=O) groups is 1. The molecule has 0 atom stereocenters. The summed E-state index contributed by atoms with van der Waals surface area (Å²) in [4.78, 5) is 13.5. The molecule has 0 unspecified atom stereocenters. The van der Waals surface area contributed by atoms with E-state index in [9.17, 15) is 4.79 Å². The summed E-state index contributed by atoms with van der Waals surface area (Å²) in [6, 6.07) is 0. The van der Waals surface area contributed by atoms with Crippen molar-refractivity contribution in [3.8, 4) is 0 Å². The van der Waals surface area contributed by atoms with Gasteiger partial charge in [-0.25, -0.2) is 0 Å². The van der Waals surface area contributed by atoms with Crippen LogP contribution in [0.15, 0.2) is 0 Å². The summed E-state index contributed by atoms with van der Waals surface area (Å²) >= 11 is 1.68. The van der Waals surface area contributed by atoms with Gasteiger partial charge in [0.15, 0.2) is 0 Å². The van der Waals surface area contributed by atoms with E-state index in [4.69, 9.17) is 5.11 Å². The number of thioether (sulfide) groups is 1. The van der Waals surface area contributed by atoms with Crippen LogP contribution in [0.3, 0.4) is 0 Å². The van der Waals surface area contributed by atoms with E-state index in [-0.39, 0.29) is 17.3 Å². The van der Waals surface area contributed by atoms with E-state index in [0.717, 1.165) is 25.8 Å². The number of hydrogen-bond acceptors (Lipinski definition) is 3. The van der Waals surface area contributed by atoms with Crippen molar-refractivity contribution in [1.82, 2.24) is 4.90 Å². The molecule has 0 aliphatic heterocycles. The number of aliphatic hydroxyl groups excluding tert-OH is 1. The second-order valence-corrected chi connectivity index (χ2v) is 6.80. The van der Waals surface area contributed by atoms with Crippen LogP contribution in [-0.4, -0.2) is 46.6 Å². The third-order valence-electron chi connectivity index (χ3n) is 2.21. The van der Waals surface area contributed by atoms with Crippen LogP contribution in [0.5, 0.6) is 0 Å². The molecule has 0 fully saturated rings. The highest BCUT2D eigenvalue weighted by Gasteiger charge is 2.15. The molecule has 0 aliphatic carbocycles. The Morgan fingerprint density at radius 1 is 1.25 bits per heavy atom. The van der Waals surface area contributed by atoms with Gasteiger partial charge in [-0.15, -0.1) is 11.8 Å². The molecule has 0 saturated carbocycles. The predicted molar refractivity (Wildman–Crippen MR) is 70.8 cm³/mol. The van der Waals surface area contributed by atoms with E-state index in [0.29, 0.717) is 5.75 Å². The second kappa shape index (κ2) is 7.96. The lowest BCUT2D eigenvalue weighted by molar-refractivity contribution is -0.127. The van der Waals surface area contributed by atoms with Crippen molar-refractivity contribution in [1.29, 1.82) is 0 Å².